The van der Waals surface area contributed by atoms with Crippen molar-refractivity contribution in [2.45, 2.75) is 19.8 Å². The zero-order chi connectivity index (χ0) is 11.4. The molecule has 0 spiro atoms. The summed E-state index contributed by atoms with van der Waals surface area (Å²) in [6.07, 6.45) is 0.673. The lowest BCUT2D eigenvalue weighted by molar-refractivity contribution is -0.115. The van der Waals surface area contributed by atoms with Crippen LogP contribution in [0.1, 0.15) is 30.1 Å². The van der Waals surface area contributed by atoms with Crippen molar-refractivity contribution in [2.24, 2.45) is 0 Å². The second-order valence-electron chi connectivity index (χ2n) is 3.13. The number of carbonyl (C=O) groups excluding carboxylic acids is 2. The zero-order valence-corrected chi connectivity index (χ0v) is 8.22. The van der Waals surface area contributed by atoms with Gasteiger partial charge in [0.25, 0.3) is 0 Å². The Morgan fingerprint density at radius 1 is 1.20 bits per heavy atom. The van der Waals surface area contributed by atoms with E-state index in [2.05, 4.69) is 0 Å². The molecule has 0 N–H and O–H groups in total. The fraction of sp³-hybridized carbons (Fsp3) is 0.273. The zero-order valence-electron chi connectivity index (χ0n) is 8.22. The summed E-state index contributed by atoms with van der Waals surface area (Å²) in [7, 11) is 0. The van der Waals surface area contributed by atoms with E-state index in [-0.39, 0.29) is 12.0 Å². The van der Waals surface area contributed by atoms with Crippen LogP contribution in [-0.2, 0) is 4.79 Å². The maximum Gasteiger partial charge on any atom is 0.228 e. The van der Waals surface area contributed by atoms with Gasteiger partial charge >= 0.3 is 0 Å². The Bertz CT molecular complexity index is 400. The molecule has 0 saturated heterocycles. The van der Waals surface area contributed by atoms with Crippen molar-refractivity contribution in [3.8, 4) is 0 Å². The van der Waals surface area contributed by atoms with Crippen LogP contribution >= 0.6 is 0 Å². The Balaban J connectivity index is 2.92. The molecule has 0 aromatic heterocycles. The van der Waals surface area contributed by atoms with Crippen molar-refractivity contribution in [3.05, 3.63) is 35.4 Å². The summed E-state index contributed by atoms with van der Waals surface area (Å²) in [4.78, 5) is 22.5. The third-order valence-electron chi connectivity index (χ3n) is 1.91. The van der Waals surface area contributed by atoms with E-state index in [1.165, 1.54) is 0 Å². The first-order valence-corrected chi connectivity index (χ1v) is 4.58. The number of halogens is 2. The minimum absolute atomic E-state index is 0.104. The van der Waals surface area contributed by atoms with E-state index in [0.717, 1.165) is 18.2 Å². The SMILES string of the molecule is CCCC(=O)C(=O)c1ccc(F)c(F)c1. The van der Waals surface area contributed by atoms with Crippen molar-refractivity contribution in [2.75, 3.05) is 0 Å². The molecule has 0 atom stereocenters. The van der Waals surface area contributed by atoms with E-state index in [0.29, 0.717) is 6.42 Å². The van der Waals surface area contributed by atoms with E-state index < -0.39 is 23.2 Å². The van der Waals surface area contributed by atoms with Gasteiger partial charge in [0.15, 0.2) is 11.6 Å². The Morgan fingerprint density at radius 3 is 2.40 bits per heavy atom. The van der Waals surface area contributed by atoms with Gasteiger partial charge in [-0.2, -0.15) is 0 Å². The smallest absolute Gasteiger partial charge is 0.228 e. The van der Waals surface area contributed by atoms with Gasteiger partial charge in [-0.25, -0.2) is 8.78 Å². The van der Waals surface area contributed by atoms with E-state index in [4.69, 9.17) is 0 Å². The highest BCUT2D eigenvalue weighted by atomic mass is 19.2. The maximum atomic E-state index is 12.8. The van der Waals surface area contributed by atoms with Crippen molar-refractivity contribution in [1.82, 2.24) is 0 Å². The van der Waals surface area contributed by atoms with Crippen LogP contribution in [0.4, 0.5) is 8.78 Å². The quantitative estimate of drug-likeness (QED) is 0.567. The van der Waals surface area contributed by atoms with E-state index in [1.54, 1.807) is 6.92 Å². The maximum absolute atomic E-state index is 12.8. The van der Waals surface area contributed by atoms with Crippen LogP contribution in [0, 0.1) is 11.6 Å². The Hall–Kier alpha value is -1.58. The second-order valence-corrected chi connectivity index (χ2v) is 3.13. The molecule has 0 fully saturated rings. The third kappa shape index (κ3) is 2.68. The van der Waals surface area contributed by atoms with Gasteiger partial charge in [0.1, 0.15) is 0 Å². The van der Waals surface area contributed by atoms with Crippen LogP contribution in [0.5, 0.6) is 0 Å². The molecule has 0 aliphatic carbocycles. The predicted octanol–water partition coefficient (Wildman–Crippen LogP) is 2.52. The summed E-state index contributed by atoms with van der Waals surface area (Å²) in [6.45, 7) is 1.76. The lowest BCUT2D eigenvalue weighted by Gasteiger charge is -1.99. The fourth-order valence-electron chi connectivity index (χ4n) is 1.14. The number of benzene rings is 1. The number of hydrogen-bond donors (Lipinski definition) is 0. The monoisotopic (exact) mass is 212 g/mol. The summed E-state index contributed by atoms with van der Waals surface area (Å²) in [6, 6.07) is 2.68. The Labute approximate surface area is 85.9 Å². The lowest BCUT2D eigenvalue weighted by atomic mass is 10.0. The molecule has 0 aliphatic heterocycles. The van der Waals surface area contributed by atoms with Gasteiger partial charge in [0.05, 0.1) is 0 Å². The minimum Gasteiger partial charge on any atom is -0.290 e. The molecule has 80 valence electrons. The molecular weight excluding hydrogens is 202 g/mol. The molecule has 0 bridgehead atoms. The Morgan fingerprint density at radius 2 is 1.87 bits per heavy atom. The minimum atomic E-state index is -1.12. The standard InChI is InChI=1S/C11H10F2O2/c1-2-3-10(14)11(15)7-4-5-8(12)9(13)6-7/h4-6H,2-3H2,1H3. The van der Waals surface area contributed by atoms with Crippen LogP contribution in [0.3, 0.4) is 0 Å². The summed E-state index contributed by atoms with van der Waals surface area (Å²) in [5.41, 5.74) is -0.104. The molecule has 0 heterocycles. The molecule has 0 radical (unpaired) electrons. The van der Waals surface area contributed by atoms with Crippen LogP contribution in [0.15, 0.2) is 18.2 Å². The highest BCUT2D eigenvalue weighted by Gasteiger charge is 2.16. The molecule has 0 unspecified atom stereocenters. The lowest BCUT2D eigenvalue weighted by Crippen LogP contribution is -2.13. The molecule has 0 aliphatic rings. The Kier molecular flexibility index (Phi) is 3.66. The molecule has 1 aromatic carbocycles. The van der Waals surface area contributed by atoms with Gasteiger partial charge < -0.3 is 0 Å². The summed E-state index contributed by atoms with van der Waals surface area (Å²) in [5.74, 6) is -3.50. The first-order valence-electron chi connectivity index (χ1n) is 4.58. The van der Waals surface area contributed by atoms with Crippen molar-refractivity contribution >= 4 is 11.6 Å². The van der Waals surface area contributed by atoms with Gasteiger partial charge in [-0.15, -0.1) is 0 Å². The molecule has 1 aromatic rings. The number of carbonyl (C=O) groups is 2. The third-order valence-corrected chi connectivity index (χ3v) is 1.91. The van der Waals surface area contributed by atoms with Gasteiger partial charge in [0, 0.05) is 12.0 Å². The van der Waals surface area contributed by atoms with Crippen LogP contribution in [0.25, 0.3) is 0 Å². The van der Waals surface area contributed by atoms with Crippen LogP contribution in [-0.4, -0.2) is 11.6 Å². The predicted molar refractivity (Wildman–Crippen MR) is 50.6 cm³/mol. The number of rotatable bonds is 4. The van der Waals surface area contributed by atoms with Crippen LogP contribution in [0.2, 0.25) is 0 Å². The van der Waals surface area contributed by atoms with Gasteiger partial charge in [-0.1, -0.05) is 6.92 Å². The van der Waals surface area contributed by atoms with E-state index >= 15 is 0 Å². The average molecular weight is 212 g/mol. The first-order chi connectivity index (χ1) is 7.06. The largest absolute Gasteiger partial charge is 0.290 e. The number of hydrogen-bond acceptors (Lipinski definition) is 2. The van der Waals surface area contributed by atoms with E-state index in [1.807, 2.05) is 0 Å². The molecule has 1 rings (SSSR count). The summed E-state index contributed by atoms with van der Waals surface area (Å²) >= 11 is 0. The molecular formula is C11H10F2O2. The molecule has 15 heavy (non-hydrogen) atoms. The van der Waals surface area contributed by atoms with Gasteiger partial charge in [-0.3, -0.25) is 9.59 Å². The second kappa shape index (κ2) is 4.77. The summed E-state index contributed by atoms with van der Waals surface area (Å²) in [5, 5.41) is 0. The molecule has 4 heteroatoms. The van der Waals surface area contributed by atoms with Gasteiger partial charge in [0.2, 0.25) is 11.6 Å². The highest BCUT2D eigenvalue weighted by Crippen LogP contribution is 2.10. The van der Waals surface area contributed by atoms with E-state index in [9.17, 15) is 18.4 Å². The highest BCUT2D eigenvalue weighted by molar-refractivity contribution is 6.43. The van der Waals surface area contributed by atoms with Crippen molar-refractivity contribution in [3.63, 3.8) is 0 Å². The average Bonchev–Trinajstić information content (AvgIpc) is 2.21. The molecule has 2 nitrogen and oxygen atoms in total. The van der Waals surface area contributed by atoms with Crippen molar-refractivity contribution < 1.29 is 18.4 Å². The first kappa shape index (κ1) is 11.5. The number of ketones is 2. The van der Waals surface area contributed by atoms with Crippen molar-refractivity contribution in [1.29, 1.82) is 0 Å². The molecule has 0 amide bonds. The fourth-order valence-corrected chi connectivity index (χ4v) is 1.14. The number of Topliss-reactive ketones (excluding diaryl/α,β-unsaturated/α-hetero) is 2. The summed E-state index contributed by atoms with van der Waals surface area (Å²) < 4.78 is 25.3. The van der Waals surface area contributed by atoms with Crippen LogP contribution < -0.4 is 0 Å². The molecule has 0 saturated carbocycles. The normalized spacial score (nSPS) is 10.1. The topological polar surface area (TPSA) is 34.1 Å². The van der Waals surface area contributed by atoms with Gasteiger partial charge in [-0.05, 0) is 24.6 Å².